The van der Waals surface area contributed by atoms with Gasteiger partial charge in [-0.2, -0.15) is 0 Å². The average Bonchev–Trinajstić information content (AvgIpc) is 2.47. The van der Waals surface area contributed by atoms with Gasteiger partial charge in [-0.05, 0) is 57.5 Å². The Bertz CT molecular complexity index is 300. The molecule has 0 aliphatic carbocycles. The van der Waals surface area contributed by atoms with E-state index >= 15 is 0 Å². The lowest BCUT2D eigenvalue weighted by Gasteiger charge is -2.19. The van der Waals surface area contributed by atoms with Gasteiger partial charge in [-0.1, -0.05) is 37.3 Å². The van der Waals surface area contributed by atoms with Gasteiger partial charge in [0.1, 0.15) is 0 Å². The van der Waals surface area contributed by atoms with Crippen molar-refractivity contribution in [1.29, 1.82) is 0 Å². The zero-order valence-corrected chi connectivity index (χ0v) is 12.3. The van der Waals surface area contributed by atoms with E-state index in [9.17, 15) is 0 Å². The van der Waals surface area contributed by atoms with Gasteiger partial charge in [0.15, 0.2) is 0 Å². The number of unbranched alkanes of at least 4 members (excludes halogenated alkanes) is 1. The molecular formula is C16H29N3. The third-order valence-electron chi connectivity index (χ3n) is 3.38. The first-order valence-corrected chi connectivity index (χ1v) is 7.54. The van der Waals surface area contributed by atoms with Crippen LogP contribution in [0.4, 0.5) is 0 Å². The smallest absolute Gasteiger partial charge is 0.0205 e. The van der Waals surface area contributed by atoms with Crippen LogP contribution in [0.3, 0.4) is 0 Å². The van der Waals surface area contributed by atoms with Gasteiger partial charge in [-0.15, -0.1) is 0 Å². The lowest BCUT2D eigenvalue weighted by molar-refractivity contribution is 0.279. The molecule has 0 aliphatic rings. The highest BCUT2D eigenvalue weighted by atomic mass is 15.1. The minimum atomic E-state index is 0.801. The summed E-state index contributed by atoms with van der Waals surface area (Å²) in [5.41, 5.74) is 6.91. The van der Waals surface area contributed by atoms with Crippen LogP contribution >= 0.6 is 0 Å². The van der Waals surface area contributed by atoms with Crippen molar-refractivity contribution in [1.82, 2.24) is 10.2 Å². The second kappa shape index (κ2) is 11.0. The van der Waals surface area contributed by atoms with Gasteiger partial charge in [-0.3, -0.25) is 0 Å². The quantitative estimate of drug-likeness (QED) is 0.602. The lowest BCUT2D eigenvalue weighted by atomic mass is 10.2. The van der Waals surface area contributed by atoms with Gasteiger partial charge in [0.05, 0.1) is 0 Å². The number of hydrogen-bond acceptors (Lipinski definition) is 3. The van der Waals surface area contributed by atoms with Gasteiger partial charge < -0.3 is 16.0 Å². The largest absolute Gasteiger partial charge is 0.330 e. The van der Waals surface area contributed by atoms with Crippen molar-refractivity contribution < 1.29 is 0 Å². The molecule has 0 heterocycles. The summed E-state index contributed by atoms with van der Waals surface area (Å²) in [5.74, 6) is 0. The van der Waals surface area contributed by atoms with Crippen LogP contribution in [-0.4, -0.2) is 37.6 Å². The molecule has 19 heavy (non-hydrogen) atoms. The maximum Gasteiger partial charge on any atom is 0.0205 e. The van der Waals surface area contributed by atoms with Crippen LogP contribution in [-0.2, 0) is 6.54 Å². The monoisotopic (exact) mass is 263 g/mol. The predicted octanol–water partition coefficient (Wildman–Crippen LogP) is 2.23. The van der Waals surface area contributed by atoms with E-state index in [0.717, 1.165) is 39.1 Å². The Morgan fingerprint density at radius 2 is 1.79 bits per heavy atom. The molecule has 0 unspecified atom stereocenters. The van der Waals surface area contributed by atoms with Gasteiger partial charge >= 0.3 is 0 Å². The summed E-state index contributed by atoms with van der Waals surface area (Å²) in [4.78, 5) is 2.49. The number of nitrogens with two attached hydrogens (primary N) is 1. The molecule has 0 amide bonds. The number of rotatable bonds is 11. The molecule has 0 aliphatic heterocycles. The zero-order valence-electron chi connectivity index (χ0n) is 12.3. The van der Waals surface area contributed by atoms with Gasteiger partial charge in [0.2, 0.25) is 0 Å². The number of nitrogens with one attached hydrogen (secondary N) is 1. The third-order valence-corrected chi connectivity index (χ3v) is 3.38. The summed E-state index contributed by atoms with van der Waals surface area (Å²) in [6.07, 6.45) is 3.62. The molecule has 0 radical (unpaired) electrons. The van der Waals surface area contributed by atoms with Gasteiger partial charge in [-0.25, -0.2) is 0 Å². The average molecular weight is 263 g/mol. The minimum absolute atomic E-state index is 0.801. The van der Waals surface area contributed by atoms with Crippen LogP contribution in [0, 0.1) is 0 Å². The Hall–Kier alpha value is -0.900. The van der Waals surface area contributed by atoms with Crippen molar-refractivity contribution in [3.8, 4) is 0 Å². The standard InChI is InChI=1S/C16H29N3/c1-2-19(14-8-11-17)13-7-6-12-18-15-16-9-4-3-5-10-16/h3-5,9-10,18H,2,6-8,11-15,17H2,1H3. The van der Waals surface area contributed by atoms with Crippen LogP contribution in [0.5, 0.6) is 0 Å². The molecule has 1 aromatic rings. The summed E-state index contributed by atoms with van der Waals surface area (Å²) in [6, 6.07) is 10.6. The Balaban J connectivity index is 1.98. The van der Waals surface area contributed by atoms with Crippen LogP contribution in [0.15, 0.2) is 30.3 Å². The van der Waals surface area contributed by atoms with E-state index in [0.29, 0.717) is 0 Å². The SMILES string of the molecule is CCN(CCCN)CCCCNCc1ccccc1. The van der Waals surface area contributed by atoms with Gasteiger partial charge in [0.25, 0.3) is 0 Å². The van der Waals surface area contributed by atoms with Crippen molar-refractivity contribution in [3.05, 3.63) is 35.9 Å². The maximum absolute atomic E-state index is 5.54. The van der Waals surface area contributed by atoms with Crippen molar-refractivity contribution in [2.75, 3.05) is 32.7 Å². The Morgan fingerprint density at radius 1 is 1.05 bits per heavy atom. The Labute approximate surface area is 118 Å². The predicted molar refractivity (Wildman–Crippen MR) is 83.2 cm³/mol. The molecule has 0 spiro atoms. The summed E-state index contributed by atoms with van der Waals surface area (Å²) < 4.78 is 0. The van der Waals surface area contributed by atoms with Crippen molar-refractivity contribution in [3.63, 3.8) is 0 Å². The minimum Gasteiger partial charge on any atom is -0.330 e. The number of nitrogens with zero attached hydrogens (tertiary/aromatic N) is 1. The van der Waals surface area contributed by atoms with E-state index in [-0.39, 0.29) is 0 Å². The first kappa shape index (κ1) is 16.2. The van der Waals surface area contributed by atoms with Crippen LogP contribution in [0.25, 0.3) is 0 Å². The van der Waals surface area contributed by atoms with Gasteiger partial charge in [0, 0.05) is 6.54 Å². The second-order valence-corrected chi connectivity index (χ2v) is 4.95. The van der Waals surface area contributed by atoms with Crippen molar-refractivity contribution in [2.45, 2.75) is 32.7 Å². The fraction of sp³-hybridized carbons (Fsp3) is 0.625. The number of hydrogen-bond donors (Lipinski definition) is 2. The molecule has 108 valence electrons. The van der Waals surface area contributed by atoms with Crippen molar-refractivity contribution in [2.24, 2.45) is 5.73 Å². The highest BCUT2D eigenvalue weighted by Crippen LogP contribution is 1.99. The highest BCUT2D eigenvalue weighted by Gasteiger charge is 2.00. The summed E-state index contributed by atoms with van der Waals surface area (Å²) in [6.45, 7) is 8.58. The molecular weight excluding hydrogens is 234 g/mol. The molecule has 1 rings (SSSR count). The molecule has 3 heteroatoms. The maximum atomic E-state index is 5.54. The summed E-state index contributed by atoms with van der Waals surface area (Å²) in [5, 5.41) is 3.50. The molecule has 1 aromatic carbocycles. The van der Waals surface area contributed by atoms with E-state index in [1.54, 1.807) is 0 Å². The molecule has 0 atom stereocenters. The molecule has 0 fully saturated rings. The van der Waals surface area contributed by atoms with E-state index in [2.05, 4.69) is 47.5 Å². The molecule has 0 aromatic heterocycles. The summed E-state index contributed by atoms with van der Waals surface area (Å²) >= 11 is 0. The van der Waals surface area contributed by atoms with E-state index in [1.165, 1.54) is 24.9 Å². The summed E-state index contributed by atoms with van der Waals surface area (Å²) in [7, 11) is 0. The normalized spacial score (nSPS) is 11.1. The highest BCUT2D eigenvalue weighted by molar-refractivity contribution is 5.14. The molecule has 0 saturated heterocycles. The third kappa shape index (κ3) is 7.98. The molecule has 3 N–H and O–H groups in total. The topological polar surface area (TPSA) is 41.3 Å². The van der Waals surface area contributed by atoms with Crippen molar-refractivity contribution >= 4 is 0 Å². The fourth-order valence-corrected chi connectivity index (χ4v) is 2.16. The molecule has 3 nitrogen and oxygen atoms in total. The fourth-order valence-electron chi connectivity index (χ4n) is 2.16. The van der Waals surface area contributed by atoms with Crippen LogP contribution < -0.4 is 11.1 Å². The number of benzene rings is 1. The molecule has 0 saturated carbocycles. The van der Waals surface area contributed by atoms with E-state index < -0.39 is 0 Å². The second-order valence-electron chi connectivity index (χ2n) is 4.95. The molecule has 0 bridgehead atoms. The first-order chi connectivity index (χ1) is 9.36. The Morgan fingerprint density at radius 3 is 2.47 bits per heavy atom. The Kier molecular flexibility index (Phi) is 9.33. The van der Waals surface area contributed by atoms with Crippen LogP contribution in [0.1, 0.15) is 31.7 Å². The van der Waals surface area contributed by atoms with Crippen LogP contribution in [0.2, 0.25) is 0 Å². The zero-order chi connectivity index (χ0) is 13.8. The van der Waals surface area contributed by atoms with E-state index in [4.69, 9.17) is 5.73 Å². The first-order valence-electron chi connectivity index (χ1n) is 7.54. The lowest BCUT2D eigenvalue weighted by Crippen LogP contribution is -2.27. The van der Waals surface area contributed by atoms with E-state index in [1.807, 2.05) is 0 Å².